The van der Waals surface area contributed by atoms with Crippen LogP contribution in [0.15, 0.2) is 0 Å². The molecule has 2 aliphatic carbocycles. The van der Waals surface area contributed by atoms with E-state index < -0.39 is 0 Å². The van der Waals surface area contributed by atoms with Crippen LogP contribution in [0.2, 0.25) is 0 Å². The van der Waals surface area contributed by atoms with Crippen LogP contribution in [0.25, 0.3) is 0 Å². The van der Waals surface area contributed by atoms with Gasteiger partial charge in [0.2, 0.25) is 0 Å². The summed E-state index contributed by atoms with van der Waals surface area (Å²) in [5.41, 5.74) is 0.410. The van der Waals surface area contributed by atoms with Gasteiger partial charge in [0.15, 0.2) is 0 Å². The highest BCUT2D eigenvalue weighted by atomic mass is 16.5. The van der Waals surface area contributed by atoms with Gasteiger partial charge in [0.05, 0.1) is 12.2 Å². The molecular formula is C16H31NO. The third-order valence-corrected chi connectivity index (χ3v) is 5.46. The Morgan fingerprint density at radius 1 is 1.06 bits per heavy atom. The lowest BCUT2D eigenvalue weighted by atomic mass is 9.58. The van der Waals surface area contributed by atoms with Crippen molar-refractivity contribution in [3.05, 3.63) is 0 Å². The van der Waals surface area contributed by atoms with Gasteiger partial charge >= 0.3 is 0 Å². The first-order valence-electron chi connectivity index (χ1n) is 8.15. The molecule has 0 spiro atoms. The molecular weight excluding hydrogens is 222 g/mol. The second kappa shape index (κ2) is 6.38. The highest BCUT2D eigenvalue weighted by molar-refractivity contribution is 5.06. The Bertz CT molecular complexity index is 243. The Labute approximate surface area is 113 Å². The van der Waals surface area contributed by atoms with E-state index in [4.69, 9.17) is 4.74 Å². The molecule has 1 N–H and O–H groups in total. The second-order valence-corrected chi connectivity index (χ2v) is 6.17. The second-order valence-electron chi connectivity index (χ2n) is 6.17. The summed E-state index contributed by atoms with van der Waals surface area (Å²) in [6, 6.07) is 0.686. The third kappa shape index (κ3) is 2.60. The third-order valence-electron chi connectivity index (χ3n) is 5.46. The van der Waals surface area contributed by atoms with Crippen LogP contribution in [0.3, 0.4) is 0 Å². The van der Waals surface area contributed by atoms with Gasteiger partial charge < -0.3 is 10.1 Å². The van der Waals surface area contributed by atoms with E-state index in [1.165, 1.54) is 51.4 Å². The molecule has 0 aliphatic heterocycles. The smallest absolute Gasteiger partial charge is 0.0664 e. The molecule has 2 aliphatic rings. The highest BCUT2D eigenvalue weighted by Crippen LogP contribution is 2.49. The Morgan fingerprint density at radius 2 is 1.72 bits per heavy atom. The number of nitrogens with one attached hydrogen (secondary N) is 1. The van der Waals surface area contributed by atoms with Crippen molar-refractivity contribution >= 4 is 0 Å². The van der Waals surface area contributed by atoms with Crippen molar-refractivity contribution in [2.75, 3.05) is 6.54 Å². The fourth-order valence-electron chi connectivity index (χ4n) is 4.10. The molecule has 0 heterocycles. The van der Waals surface area contributed by atoms with Crippen molar-refractivity contribution in [1.29, 1.82) is 0 Å². The van der Waals surface area contributed by atoms with Gasteiger partial charge in [0.25, 0.3) is 0 Å². The zero-order valence-electron chi connectivity index (χ0n) is 12.5. The molecule has 2 saturated carbocycles. The monoisotopic (exact) mass is 253 g/mol. The summed E-state index contributed by atoms with van der Waals surface area (Å²) in [6.45, 7) is 7.97. The summed E-state index contributed by atoms with van der Waals surface area (Å²) >= 11 is 0. The Hall–Kier alpha value is -0.0800. The standard InChI is InChI=1S/C16H31NO/c1-4-16(5-2)14(17-6-3)12-15(16)18-13-10-8-7-9-11-13/h13-15,17H,4-12H2,1-3H3. The van der Waals surface area contributed by atoms with Crippen molar-refractivity contribution in [3.8, 4) is 0 Å². The molecule has 2 nitrogen and oxygen atoms in total. The molecule has 0 amide bonds. The van der Waals surface area contributed by atoms with Crippen LogP contribution in [-0.4, -0.2) is 24.8 Å². The summed E-state index contributed by atoms with van der Waals surface area (Å²) in [7, 11) is 0. The summed E-state index contributed by atoms with van der Waals surface area (Å²) < 4.78 is 6.46. The maximum atomic E-state index is 6.46. The number of rotatable bonds is 6. The van der Waals surface area contributed by atoms with E-state index in [0.717, 1.165) is 6.54 Å². The van der Waals surface area contributed by atoms with Crippen LogP contribution in [0.4, 0.5) is 0 Å². The van der Waals surface area contributed by atoms with Crippen LogP contribution >= 0.6 is 0 Å². The van der Waals surface area contributed by atoms with Gasteiger partial charge in [0.1, 0.15) is 0 Å². The lowest BCUT2D eigenvalue weighted by Crippen LogP contribution is -2.64. The molecule has 0 aromatic carbocycles. The molecule has 2 unspecified atom stereocenters. The van der Waals surface area contributed by atoms with Gasteiger partial charge in [-0.25, -0.2) is 0 Å². The molecule has 0 aromatic heterocycles. The lowest BCUT2D eigenvalue weighted by Gasteiger charge is -2.56. The minimum atomic E-state index is 0.410. The predicted molar refractivity (Wildman–Crippen MR) is 76.8 cm³/mol. The van der Waals surface area contributed by atoms with Gasteiger partial charge in [0, 0.05) is 11.5 Å². The molecule has 2 fully saturated rings. The molecule has 18 heavy (non-hydrogen) atoms. The molecule has 2 heteroatoms. The van der Waals surface area contributed by atoms with E-state index in [2.05, 4.69) is 26.1 Å². The van der Waals surface area contributed by atoms with Gasteiger partial charge in [-0.15, -0.1) is 0 Å². The van der Waals surface area contributed by atoms with Gasteiger partial charge in [-0.2, -0.15) is 0 Å². The van der Waals surface area contributed by atoms with E-state index in [0.29, 0.717) is 23.7 Å². The molecule has 0 saturated heterocycles. The van der Waals surface area contributed by atoms with Crippen molar-refractivity contribution in [3.63, 3.8) is 0 Å². The van der Waals surface area contributed by atoms with E-state index in [9.17, 15) is 0 Å². The molecule has 0 radical (unpaired) electrons. The minimum absolute atomic E-state index is 0.410. The van der Waals surface area contributed by atoms with E-state index in [1.54, 1.807) is 0 Å². The number of ether oxygens (including phenoxy) is 1. The van der Waals surface area contributed by atoms with E-state index in [1.807, 2.05) is 0 Å². The van der Waals surface area contributed by atoms with Crippen molar-refractivity contribution in [1.82, 2.24) is 5.32 Å². The Balaban J connectivity index is 1.91. The van der Waals surface area contributed by atoms with Crippen LogP contribution in [-0.2, 0) is 4.74 Å². The predicted octanol–water partition coefficient (Wildman–Crippen LogP) is 3.89. The fourth-order valence-corrected chi connectivity index (χ4v) is 4.10. The maximum Gasteiger partial charge on any atom is 0.0664 e. The van der Waals surface area contributed by atoms with Crippen LogP contribution < -0.4 is 5.32 Å². The van der Waals surface area contributed by atoms with Gasteiger partial charge in [-0.1, -0.05) is 40.0 Å². The average Bonchev–Trinajstić information content (AvgIpc) is 2.40. The molecule has 0 aromatic rings. The average molecular weight is 253 g/mol. The van der Waals surface area contributed by atoms with E-state index >= 15 is 0 Å². The Kier molecular flexibility index (Phi) is 5.08. The zero-order valence-corrected chi connectivity index (χ0v) is 12.5. The lowest BCUT2D eigenvalue weighted by molar-refractivity contribution is -0.171. The summed E-state index contributed by atoms with van der Waals surface area (Å²) in [4.78, 5) is 0. The molecule has 106 valence electrons. The van der Waals surface area contributed by atoms with E-state index in [-0.39, 0.29) is 0 Å². The zero-order chi connectivity index (χ0) is 13.0. The van der Waals surface area contributed by atoms with Crippen LogP contribution in [0, 0.1) is 5.41 Å². The first kappa shape index (κ1) is 14.3. The molecule has 2 rings (SSSR count). The summed E-state index contributed by atoms with van der Waals surface area (Å²) in [6.07, 6.45) is 11.6. The van der Waals surface area contributed by atoms with Crippen molar-refractivity contribution in [2.45, 2.75) is 90.4 Å². The quantitative estimate of drug-likeness (QED) is 0.775. The largest absolute Gasteiger partial charge is 0.374 e. The maximum absolute atomic E-state index is 6.46. The van der Waals surface area contributed by atoms with Crippen molar-refractivity contribution in [2.24, 2.45) is 5.41 Å². The summed E-state index contributed by atoms with van der Waals surface area (Å²) in [5, 5.41) is 3.66. The van der Waals surface area contributed by atoms with Gasteiger partial charge in [-0.05, 0) is 38.6 Å². The Morgan fingerprint density at radius 3 is 2.28 bits per heavy atom. The van der Waals surface area contributed by atoms with Crippen LogP contribution in [0.1, 0.15) is 72.1 Å². The summed E-state index contributed by atoms with van der Waals surface area (Å²) in [5.74, 6) is 0. The van der Waals surface area contributed by atoms with Crippen LogP contribution in [0.5, 0.6) is 0 Å². The highest BCUT2D eigenvalue weighted by Gasteiger charge is 2.53. The number of hydrogen-bond acceptors (Lipinski definition) is 2. The van der Waals surface area contributed by atoms with Crippen molar-refractivity contribution < 1.29 is 4.74 Å². The van der Waals surface area contributed by atoms with Gasteiger partial charge in [-0.3, -0.25) is 0 Å². The molecule has 2 atom stereocenters. The first-order chi connectivity index (χ1) is 8.76. The number of hydrogen-bond donors (Lipinski definition) is 1. The minimum Gasteiger partial charge on any atom is -0.374 e. The fraction of sp³-hybridized carbons (Fsp3) is 1.00. The SMILES string of the molecule is CCNC1CC(OC2CCCCC2)C1(CC)CC. The topological polar surface area (TPSA) is 21.3 Å². The normalized spacial score (nSPS) is 32.2. The first-order valence-corrected chi connectivity index (χ1v) is 8.15. The molecule has 0 bridgehead atoms.